The topological polar surface area (TPSA) is 131 Å². The SMILES string of the molecule is O=C1[C@H](CC[C@H](O)c2ccc(F)cc2)[C@@H](c2ccc(CC[C@@H]3O[C@H](CO)[C@@H](O)[C@H](O)[C@H]3O)cc2)N1c1ccc(F)cc1. The molecule has 2 aliphatic heterocycles. The lowest BCUT2D eigenvalue weighted by molar-refractivity contribution is -0.230. The Kier molecular flexibility index (Phi) is 9.32. The Labute approximate surface area is 242 Å². The maximum Gasteiger partial charge on any atom is 0.233 e. The summed E-state index contributed by atoms with van der Waals surface area (Å²) >= 11 is 0. The predicted molar refractivity (Wildman–Crippen MR) is 149 cm³/mol. The van der Waals surface area contributed by atoms with Gasteiger partial charge in [0, 0.05) is 5.69 Å². The lowest BCUT2D eigenvalue weighted by atomic mass is 9.78. The van der Waals surface area contributed by atoms with Crippen molar-refractivity contribution in [1.82, 2.24) is 0 Å². The first-order valence-corrected chi connectivity index (χ1v) is 14.1. The second-order valence-corrected chi connectivity index (χ2v) is 11.0. The van der Waals surface area contributed by atoms with E-state index in [0.717, 1.165) is 11.1 Å². The summed E-state index contributed by atoms with van der Waals surface area (Å²) in [4.78, 5) is 14.9. The van der Waals surface area contributed by atoms with Crippen molar-refractivity contribution < 1.29 is 43.8 Å². The highest BCUT2D eigenvalue weighted by Crippen LogP contribution is 2.46. The molecule has 8 nitrogen and oxygen atoms in total. The molecule has 42 heavy (non-hydrogen) atoms. The standard InChI is InChI=1S/C32H35F2NO7/c33-21-8-6-19(7-9-21)25(37)15-14-24-28(35(32(24)41)23-12-10-22(34)11-13-23)20-4-1-18(2-5-20)3-16-26-29(38)31(40)30(39)27(17-36)42-26/h1-2,4-13,24-31,36-40H,3,14-17H2/t24-,25+,26+,27-,28-,29+,30-,31-/m1/s1. The molecule has 2 heterocycles. The van der Waals surface area contributed by atoms with Crippen LogP contribution in [0.4, 0.5) is 14.5 Å². The number of hydrogen-bond acceptors (Lipinski definition) is 7. The summed E-state index contributed by atoms with van der Waals surface area (Å²) in [7, 11) is 0. The number of aliphatic hydroxyl groups is 5. The number of nitrogens with zero attached hydrogens (tertiary/aromatic N) is 1. The highest BCUT2D eigenvalue weighted by atomic mass is 19.1. The zero-order valence-electron chi connectivity index (χ0n) is 22.8. The van der Waals surface area contributed by atoms with Gasteiger partial charge in [-0.3, -0.25) is 4.79 Å². The van der Waals surface area contributed by atoms with Crippen LogP contribution >= 0.6 is 0 Å². The number of benzene rings is 3. The minimum Gasteiger partial charge on any atom is -0.394 e. The van der Waals surface area contributed by atoms with Crippen LogP contribution in [0, 0.1) is 17.6 Å². The molecule has 0 bridgehead atoms. The van der Waals surface area contributed by atoms with Crippen molar-refractivity contribution in [2.45, 2.75) is 68.3 Å². The Morgan fingerprint density at radius 2 is 1.38 bits per heavy atom. The highest BCUT2D eigenvalue weighted by molar-refractivity contribution is 6.03. The molecular weight excluding hydrogens is 548 g/mol. The predicted octanol–water partition coefficient (Wildman–Crippen LogP) is 2.96. The van der Waals surface area contributed by atoms with Crippen molar-refractivity contribution in [2.24, 2.45) is 5.92 Å². The van der Waals surface area contributed by atoms with Crippen LogP contribution in [0.2, 0.25) is 0 Å². The first kappa shape index (κ1) is 30.2. The summed E-state index contributed by atoms with van der Waals surface area (Å²) in [5, 5.41) is 50.5. The van der Waals surface area contributed by atoms with Gasteiger partial charge in [-0.2, -0.15) is 0 Å². The molecule has 1 amide bonds. The molecule has 10 heteroatoms. The summed E-state index contributed by atoms with van der Waals surface area (Å²) in [6, 6.07) is 18.6. The fourth-order valence-corrected chi connectivity index (χ4v) is 5.90. The van der Waals surface area contributed by atoms with Gasteiger partial charge in [0.05, 0.1) is 30.8 Å². The number of hydrogen-bond donors (Lipinski definition) is 5. The molecule has 0 spiro atoms. The van der Waals surface area contributed by atoms with E-state index in [1.54, 1.807) is 17.0 Å². The monoisotopic (exact) mass is 583 g/mol. The van der Waals surface area contributed by atoms with Gasteiger partial charge in [-0.15, -0.1) is 0 Å². The fraction of sp³-hybridized carbons (Fsp3) is 0.406. The third-order valence-electron chi connectivity index (χ3n) is 8.35. The van der Waals surface area contributed by atoms with Crippen molar-refractivity contribution in [1.29, 1.82) is 0 Å². The molecule has 3 aromatic rings. The Morgan fingerprint density at radius 1 is 0.786 bits per heavy atom. The normalized spacial score (nSPS) is 28.4. The number of aliphatic hydroxyl groups excluding tert-OH is 5. The van der Waals surface area contributed by atoms with E-state index in [9.17, 15) is 39.1 Å². The number of carbonyl (C=O) groups is 1. The minimum absolute atomic E-state index is 0.135. The molecule has 2 aliphatic rings. The quantitative estimate of drug-likeness (QED) is 0.232. The largest absolute Gasteiger partial charge is 0.394 e. The Hall–Kier alpha value is -3.25. The third-order valence-corrected chi connectivity index (χ3v) is 8.35. The molecule has 0 radical (unpaired) electrons. The number of halogens is 2. The van der Waals surface area contributed by atoms with Gasteiger partial charge in [-0.25, -0.2) is 8.78 Å². The van der Waals surface area contributed by atoms with Crippen molar-refractivity contribution in [2.75, 3.05) is 11.5 Å². The molecule has 3 aromatic carbocycles. The smallest absolute Gasteiger partial charge is 0.233 e. The van der Waals surface area contributed by atoms with Gasteiger partial charge in [0.1, 0.15) is 36.1 Å². The molecule has 0 aromatic heterocycles. The summed E-state index contributed by atoms with van der Waals surface area (Å²) in [6.07, 6.45) is -5.18. The van der Waals surface area contributed by atoms with Gasteiger partial charge < -0.3 is 35.2 Å². The first-order chi connectivity index (χ1) is 20.2. The van der Waals surface area contributed by atoms with Gasteiger partial charge in [0.2, 0.25) is 5.91 Å². The lowest BCUT2D eigenvalue weighted by Crippen LogP contribution is -2.58. The molecule has 224 valence electrons. The number of rotatable bonds is 10. The number of anilines is 1. The molecule has 5 rings (SSSR count). The lowest BCUT2D eigenvalue weighted by Gasteiger charge is -2.48. The van der Waals surface area contributed by atoms with Gasteiger partial charge >= 0.3 is 0 Å². The van der Waals surface area contributed by atoms with Crippen LogP contribution < -0.4 is 4.90 Å². The van der Waals surface area contributed by atoms with Crippen LogP contribution in [-0.2, 0) is 16.0 Å². The zero-order chi connectivity index (χ0) is 30.0. The van der Waals surface area contributed by atoms with Crippen molar-refractivity contribution in [3.8, 4) is 0 Å². The summed E-state index contributed by atoms with van der Waals surface area (Å²) in [5.74, 6) is -1.37. The van der Waals surface area contributed by atoms with Gasteiger partial charge in [-0.05, 0) is 78.8 Å². The molecule has 0 unspecified atom stereocenters. The Balaban J connectivity index is 1.29. The molecule has 5 N–H and O–H groups in total. The first-order valence-electron chi connectivity index (χ1n) is 14.1. The van der Waals surface area contributed by atoms with Crippen LogP contribution in [0.1, 0.15) is 48.1 Å². The van der Waals surface area contributed by atoms with E-state index in [-0.39, 0.29) is 11.9 Å². The van der Waals surface area contributed by atoms with E-state index in [2.05, 4.69) is 0 Å². The Morgan fingerprint density at radius 3 is 2.00 bits per heavy atom. The Bertz CT molecular complexity index is 1340. The van der Waals surface area contributed by atoms with Crippen LogP contribution in [0.5, 0.6) is 0 Å². The average molecular weight is 584 g/mol. The van der Waals surface area contributed by atoms with Crippen LogP contribution in [0.15, 0.2) is 72.8 Å². The molecule has 0 aliphatic carbocycles. The number of β-lactam (4-membered cyclic amide) rings is 1. The number of aryl methyl sites for hydroxylation is 1. The number of amides is 1. The maximum absolute atomic E-state index is 13.6. The minimum atomic E-state index is -1.42. The second kappa shape index (κ2) is 12.9. The van der Waals surface area contributed by atoms with Crippen molar-refractivity contribution in [3.05, 3.63) is 101 Å². The summed E-state index contributed by atoms with van der Waals surface area (Å²) in [6.45, 7) is -0.483. The summed E-state index contributed by atoms with van der Waals surface area (Å²) < 4.78 is 32.5. The molecule has 2 saturated heterocycles. The summed E-state index contributed by atoms with van der Waals surface area (Å²) in [5.41, 5.74) is 2.90. The molecule has 8 atom stereocenters. The van der Waals surface area contributed by atoms with Gasteiger partial charge in [0.25, 0.3) is 0 Å². The highest BCUT2D eigenvalue weighted by Gasteiger charge is 2.48. The van der Waals surface area contributed by atoms with Crippen LogP contribution in [0.3, 0.4) is 0 Å². The fourth-order valence-electron chi connectivity index (χ4n) is 5.90. The molecule has 0 saturated carbocycles. The number of carbonyl (C=O) groups excluding carboxylic acids is 1. The van der Waals surface area contributed by atoms with Crippen molar-refractivity contribution >= 4 is 11.6 Å². The van der Waals surface area contributed by atoms with E-state index in [1.165, 1.54) is 36.4 Å². The van der Waals surface area contributed by atoms with Gasteiger partial charge in [-0.1, -0.05) is 36.4 Å². The van der Waals surface area contributed by atoms with Crippen LogP contribution in [-0.4, -0.2) is 68.6 Å². The molecule has 2 fully saturated rings. The number of ether oxygens (including phenoxy) is 1. The van der Waals surface area contributed by atoms with E-state index < -0.39 is 60.8 Å². The van der Waals surface area contributed by atoms with E-state index in [4.69, 9.17) is 4.74 Å². The molecular formula is C32H35F2NO7. The van der Waals surface area contributed by atoms with Crippen molar-refractivity contribution in [3.63, 3.8) is 0 Å². The van der Waals surface area contributed by atoms with Gasteiger partial charge in [0.15, 0.2) is 0 Å². The van der Waals surface area contributed by atoms with Crippen LogP contribution in [0.25, 0.3) is 0 Å². The maximum atomic E-state index is 13.6. The van der Waals surface area contributed by atoms with E-state index >= 15 is 0 Å². The second-order valence-electron chi connectivity index (χ2n) is 11.0. The van der Waals surface area contributed by atoms with E-state index in [1.807, 2.05) is 24.3 Å². The average Bonchev–Trinajstić information content (AvgIpc) is 3.00. The van der Waals surface area contributed by atoms with E-state index in [0.29, 0.717) is 36.9 Å². The zero-order valence-corrected chi connectivity index (χ0v) is 22.8. The third kappa shape index (κ3) is 6.24.